The number of aliphatic hydroxyl groups is 4. The minimum atomic E-state index is -1.82. The van der Waals surface area contributed by atoms with E-state index in [0.717, 1.165) is 24.3 Å². The summed E-state index contributed by atoms with van der Waals surface area (Å²) in [5.74, 6) is -2.94. The van der Waals surface area contributed by atoms with Crippen LogP contribution in [0.2, 0.25) is 0 Å². The number of aliphatic hydroxyl groups excluding tert-OH is 4. The average Bonchev–Trinajstić information content (AvgIpc) is 2.77. The number of aromatic hydroxyl groups is 4. The molecule has 1 aliphatic heterocycles. The molecule has 1 fully saturated rings. The van der Waals surface area contributed by atoms with Gasteiger partial charge < -0.3 is 54.7 Å². The molecule has 4 rings (SSSR count). The number of fused-ring (bicyclic) bond motifs is 1. The molecule has 176 valence electrons. The van der Waals surface area contributed by atoms with Crippen molar-refractivity contribution < 1.29 is 54.7 Å². The van der Waals surface area contributed by atoms with Crippen LogP contribution >= 0.6 is 0 Å². The smallest absolute Gasteiger partial charge is 0.229 e. The molecule has 2 aromatic carbocycles. The molecule has 0 saturated carbocycles. The van der Waals surface area contributed by atoms with E-state index >= 15 is 0 Å². The van der Waals surface area contributed by atoms with E-state index in [4.69, 9.17) is 13.9 Å². The summed E-state index contributed by atoms with van der Waals surface area (Å²) in [6.45, 7) is -0.726. The SMILES string of the molecule is O=c1cc(-c2ccc(O)c(O)c2)oc2c(O[C@@H]3OC(CO)[C@@H](O)[C@H](O)C3O)c(O)cc(O)c12. The summed E-state index contributed by atoms with van der Waals surface area (Å²) in [5, 5.41) is 78.8. The van der Waals surface area contributed by atoms with Crippen LogP contribution in [-0.2, 0) is 4.74 Å². The van der Waals surface area contributed by atoms with E-state index in [2.05, 4.69) is 0 Å². The zero-order chi connectivity index (χ0) is 24.0. The van der Waals surface area contributed by atoms with Gasteiger partial charge in [0, 0.05) is 17.7 Å². The fourth-order valence-electron chi connectivity index (χ4n) is 3.49. The summed E-state index contributed by atoms with van der Waals surface area (Å²) in [6.07, 6.45) is -8.27. The molecule has 0 amide bonds. The Bertz CT molecular complexity index is 1250. The molecule has 33 heavy (non-hydrogen) atoms. The van der Waals surface area contributed by atoms with Crippen molar-refractivity contribution in [3.8, 4) is 40.1 Å². The first-order valence-corrected chi connectivity index (χ1v) is 9.64. The number of phenolic OH excluding ortho intramolecular Hbond substituents is 4. The summed E-state index contributed by atoms with van der Waals surface area (Å²) in [4.78, 5) is 12.7. The highest BCUT2D eigenvalue weighted by Crippen LogP contribution is 2.42. The zero-order valence-electron chi connectivity index (χ0n) is 16.7. The third-order valence-corrected chi connectivity index (χ3v) is 5.26. The third-order valence-electron chi connectivity index (χ3n) is 5.26. The predicted octanol–water partition coefficient (Wildman–Crippen LogP) is -0.539. The highest BCUT2D eigenvalue weighted by atomic mass is 16.7. The molecule has 3 aromatic rings. The molecule has 12 nitrogen and oxygen atoms in total. The second kappa shape index (κ2) is 8.42. The van der Waals surface area contributed by atoms with Gasteiger partial charge in [-0.05, 0) is 18.2 Å². The highest BCUT2D eigenvalue weighted by Gasteiger charge is 2.45. The van der Waals surface area contributed by atoms with Crippen LogP contribution in [-0.4, -0.2) is 78.2 Å². The zero-order valence-corrected chi connectivity index (χ0v) is 16.7. The Labute approximate surface area is 184 Å². The van der Waals surface area contributed by atoms with Gasteiger partial charge in [-0.15, -0.1) is 0 Å². The Hall–Kier alpha value is -3.55. The number of phenols is 4. The second-order valence-electron chi connectivity index (χ2n) is 7.44. The third kappa shape index (κ3) is 3.90. The first-order valence-electron chi connectivity index (χ1n) is 9.64. The lowest BCUT2D eigenvalue weighted by atomic mass is 9.99. The molecule has 2 unspecified atom stereocenters. The molecule has 1 aromatic heterocycles. The minimum Gasteiger partial charge on any atom is -0.507 e. The Balaban J connectivity index is 1.85. The van der Waals surface area contributed by atoms with Gasteiger partial charge in [-0.2, -0.15) is 0 Å². The van der Waals surface area contributed by atoms with Crippen molar-refractivity contribution in [2.45, 2.75) is 30.7 Å². The topological polar surface area (TPSA) is 211 Å². The molecular weight excluding hydrogens is 444 g/mol. The van der Waals surface area contributed by atoms with E-state index < -0.39 is 77.1 Å². The van der Waals surface area contributed by atoms with Crippen LogP contribution in [0.25, 0.3) is 22.3 Å². The van der Waals surface area contributed by atoms with Crippen molar-refractivity contribution in [3.05, 3.63) is 40.6 Å². The summed E-state index contributed by atoms with van der Waals surface area (Å²) in [6, 6.07) is 5.40. The van der Waals surface area contributed by atoms with Crippen molar-refractivity contribution >= 4 is 11.0 Å². The van der Waals surface area contributed by atoms with Crippen LogP contribution in [0.5, 0.6) is 28.7 Å². The Morgan fingerprint density at radius 3 is 2.24 bits per heavy atom. The van der Waals surface area contributed by atoms with Gasteiger partial charge in [0.05, 0.1) is 6.61 Å². The van der Waals surface area contributed by atoms with E-state index in [1.807, 2.05) is 0 Å². The van der Waals surface area contributed by atoms with Gasteiger partial charge in [0.25, 0.3) is 0 Å². The van der Waals surface area contributed by atoms with Crippen LogP contribution in [0.15, 0.2) is 39.5 Å². The Morgan fingerprint density at radius 1 is 0.848 bits per heavy atom. The molecule has 5 atom stereocenters. The standard InChI is InChI=1S/C21H20O12/c22-6-14-16(28)17(29)18(30)21(32-14)33-19-12(27)4-10(25)15-11(26)5-13(31-20(15)19)7-1-2-8(23)9(24)3-7/h1-5,14,16-18,21-25,27-30H,6H2/t14?,16-,17+,18?,21+/m1/s1. The normalized spacial score (nSPS) is 25.3. The van der Waals surface area contributed by atoms with Crippen molar-refractivity contribution in [1.29, 1.82) is 0 Å². The van der Waals surface area contributed by atoms with Gasteiger partial charge in [0.2, 0.25) is 12.0 Å². The molecule has 12 heteroatoms. The lowest BCUT2D eigenvalue weighted by molar-refractivity contribution is -0.277. The molecule has 1 aliphatic rings. The van der Waals surface area contributed by atoms with Gasteiger partial charge in [-0.3, -0.25) is 4.79 Å². The molecule has 8 N–H and O–H groups in total. The largest absolute Gasteiger partial charge is 0.507 e. The van der Waals surface area contributed by atoms with Crippen LogP contribution < -0.4 is 10.2 Å². The average molecular weight is 464 g/mol. The minimum absolute atomic E-state index is 0.133. The summed E-state index contributed by atoms with van der Waals surface area (Å²) < 4.78 is 16.4. The molecule has 0 radical (unpaired) electrons. The monoisotopic (exact) mass is 464 g/mol. The fraction of sp³-hybridized carbons (Fsp3) is 0.286. The quantitative estimate of drug-likeness (QED) is 0.229. The maximum atomic E-state index is 12.7. The Morgan fingerprint density at radius 2 is 1.58 bits per heavy atom. The summed E-state index contributed by atoms with van der Waals surface area (Å²) >= 11 is 0. The summed E-state index contributed by atoms with van der Waals surface area (Å²) in [5.41, 5.74) is -1.06. The molecule has 2 heterocycles. The van der Waals surface area contributed by atoms with E-state index in [1.165, 1.54) is 6.07 Å². The van der Waals surface area contributed by atoms with Gasteiger partial charge in [-0.1, -0.05) is 0 Å². The van der Waals surface area contributed by atoms with E-state index in [-0.39, 0.29) is 16.7 Å². The molecule has 0 spiro atoms. The van der Waals surface area contributed by atoms with Gasteiger partial charge >= 0.3 is 0 Å². The summed E-state index contributed by atoms with van der Waals surface area (Å²) in [7, 11) is 0. The lowest BCUT2D eigenvalue weighted by Crippen LogP contribution is -2.60. The maximum Gasteiger partial charge on any atom is 0.229 e. The predicted molar refractivity (Wildman–Crippen MR) is 109 cm³/mol. The van der Waals surface area contributed by atoms with Crippen molar-refractivity contribution in [2.75, 3.05) is 6.61 Å². The van der Waals surface area contributed by atoms with Crippen LogP contribution in [0.4, 0.5) is 0 Å². The lowest BCUT2D eigenvalue weighted by Gasteiger charge is -2.39. The first-order chi connectivity index (χ1) is 15.6. The van der Waals surface area contributed by atoms with E-state index in [1.54, 1.807) is 0 Å². The molecule has 0 aliphatic carbocycles. The van der Waals surface area contributed by atoms with Gasteiger partial charge in [-0.25, -0.2) is 0 Å². The first kappa shape index (κ1) is 22.6. The maximum absolute atomic E-state index is 12.7. The van der Waals surface area contributed by atoms with Crippen molar-refractivity contribution in [2.24, 2.45) is 0 Å². The second-order valence-corrected chi connectivity index (χ2v) is 7.44. The fourth-order valence-corrected chi connectivity index (χ4v) is 3.49. The molecule has 0 bridgehead atoms. The van der Waals surface area contributed by atoms with E-state index in [0.29, 0.717) is 0 Å². The van der Waals surface area contributed by atoms with Crippen LogP contribution in [0.1, 0.15) is 0 Å². The number of benzene rings is 2. The molecule has 1 saturated heterocycles. The van der Waals surface area contributed by atoms with Gasteiger partial charge in [0.1, 0.15) is 41.3 Å². The van der Waals surface area contributed by atoms with E-state index in [9.17, 15) is 45.6 Å². The number of hydrogen-bond donors (Lipinski definition) is 8. The van der Waals surface area contributed by atoms with Crippen molar-refractivity contribution in [1.82, 2.24) is 0 Å². The number of hydrogen-bond acceptors (Lipinski definition) is 12. The Kier molecular flexibility index (Phi) is 5.78. The van der Waals surface area contributed by atoms with Crippen molar-refractivity contribution in [3.63, 3.8) is 0 Å². The van der Waals surface area contributed by atoms with Crippen LogP contribution in [0, 0.1) is 0 Å². The van der Waals surface area contributed by atoms with Gasteiger partial charge in [0.15, 0.2) is 28.3 Å². The molecular formula is C21H20O12. The van der Waals surface area contributed by atoms with Crippen LogP contribution in [0.3, 0.4) is 0 Å². The number of ether oxygens (including phenoxy) is 2. The number of rotatable bonds is 4. The highest BCUT2D eigenvalue weighted by molar-refractivity contribution is 5.91.